The minimum absolute atomic E-state index is 0.378. The average Bonchev–Trinajstić information content (AvgIpc) is 3.38. The number of hydrogen-bond acceptors (Lipinski definition) is 4. The van der Waals surface area contributed by atoms with Gasteiger partial charge in [0, 0.05) is 24.6 Å². The van der Waals surface area contributed by atoms with Gasteiger partial charge in [0.1, 0.15) is 15.5 Å². The Labute approximate surface area is 186 Å². The molecule has 0 aliphatic carbocycles. The molecule has 0 saturated carbocycles. The van der Waals surface area contributed by atoms with Gasteiger partial charge in [-0.15, -0.1) is 0 Å². The number of halogens is 3. The first-order chi connectivity index (χ1) is 14.5. The van der Waals surface area contributed by atoms with Crippen LogP contribution < -0.4 is 0 Å². The van der Waals surface area contributed by atoms with E-state index in [0.29, 0.717) is 33.2 Å². The van der Waals surface area contributed by atoms with Crippen molar-refractivity contribution in [1.29, 1.82) is 0 Å². The van der Waals surface area contributed by atoms with Crippen LogP contribution in [0.1, 0.15) is 11.3 Å². The first kappa shape index (κ1) is 20.1. The van der Waals surface area contributed by atoms with Gasteiger partial charge in [0.05, 0.1) is 24.7 Å². The Bertz CT molecular complexity index is 1380. The van der Waals surface area contributed by atoms with E-state index in [0.717, 1.165) is 16.9 Å². The van der Waals surface area contributed by atoms with Crippen LogP contribution in [0.15, 0.2) is 60.9 Å². The molecule has 0 aliphatic rings. The van der Waals surface area contributed by atoms with Gasteiger partial charge in [-0.2, -0.15) is 10.2 Å². The molecule has 4 heterocycles. The molecule has 30 heavy (non-hydrogen) atoms. The lowest BCUT2D eigenvalue weighted by atomic mass is 10.1. The first-order valence-electron chi connectivity index (χ1n) is 8.65. The fourth-order valence-corrected chi connectivity index (χ4v) is 3.54. The molecule has 0 atom stereocenters. The van der Waals surface area contributed by atoms with E-state index in [4.69, 9.17) is 41.4 Å². The number of nitrogens with zero attached hydrogens (tertiary/aromatic N) is 7. The summed E-state index contributed by atoms with van der Waals surface area (Å²) < 4.78 is 3.09. The number of benzene rings is 1. The summed E-state index contributed by atoms with van der Waals surface area (Å²) in [7, 11) is 0. The van der Waals surface area contributed by atoms with E-state index in [2.05, 4.69) is 25.0 Å². The Hall–Kier alpha value is -3.18. The zero-order valence-corrected chi connectivity index (χ0v) is 17.5. The lowest BCUT2D eigenvalue weighted by Gasteiger charge is -2.04. The number of rotatable bonds is 2. The fraction of sp³-hybridized carbons (Fsp3) is 0.0500. The van der Waals surface area contributed by atoms with Crippen molar-refractivity contribution in [2.75, 3.05) is 0 Å². The SMILES string of the molecule is Clc1cc(Cl)n2nccc2n1.[C-]#[N+]c1cccc(Cc2cc(Cl)n3nccc3n2)c1. The van der Waals surface area contributed by atoms with Gasteiger partial charge in [0.25, 0.3) is 0 Å². The quantitative estimate of drug-likeness (QED) is 0.258. The largest absolute Gasteiger partial charge is 0.238 e. The van der Waals surface area contributed by atoms with Gasteiger partial charge in [-0.1, -0.05) is 64.6 Å². The normalized spacial score (nSPS) is 10.6. The van der Waals surface area contributed by atoms with Gasteiger partial charge in [-0.25, -0.2) is 23.8 Å². The standard InChI is InChI=1S/C14H9ClN4.C6H3Cl2N3/c1-16-11-4-2-3-10(7-11)8-12-9-13(15)19-14(18-12)5-6-17-19;7-4-3-5(8)11-6(10-4)1-2-9-11/h2-7,9H,8H2;1-3H. The molecular weight excluding hydrogens is 445 g/mol. The van der Waals surface area contributed by atoms with Crippen molar-refractivity contribution in [3.8, 4) is 0 Å². The van der Waals surface area contributed by atoms with Crippen molar-refractivity contribution in [3.05, 3.63) is 99.1 Å². The molecule has 10 heteroatoms. The molecule has 7 nitrogen and oxygen atoms in total. The molecule has 0 bridgehead atoms. The van der Waals surface area contributed by atoms with Crippen molar-refractivity contribution in [1.82, 2.24) is 29.2 Å². The van der Waals surface area contributed by atoms with E-state index in [-0.39, 0.29) is 0 Å². The highest BCUT2D eigenvalue weighted by Crippen LogP contribution is 2.19. The minimum atomic E-state index is 0.378. The Balaban J connectivity index is 0.000000168. The van der Waals surface area contributed by atoms with Crippen molar-refractivity contribution in [2.45, 2.75) is 6.42 Å². The third-order valence-electron chi connectivity index (χ3n) is 4.08. The highest BCUT2D eigenvalue weighted by atomic mass is 35.5. The second-order valence-corrected chi connectivity index (χ2v) is 7.29. The molecular formula is C20H12Cl3N7. The van der Waals surface area contributed by atoms with E-state index in [1.807, 2.05) is 24.3 Å². The number of hydrogen-bond donors (Lipinski definition) is 0. The van der Waals surface area contributed by atoms with Crippen molar-refractivity contribution < 1.29 is 0 Å². The molecule has 0 spiro atoms. The van der Waals surface area contributed by atoms with Crippen LogP contribution in [0.4, 0.5) is 5.69 Å². The molecule has 4 aromatic heterocycles. The maximum absolute atomic E-state index is 7.02. The molecule has 0 saturated heterocycles. The van der Waals surface area contributed by atoms with Crippen molar-refractivity contribution >= 4 is 51.8 Å². The lowest BCUT2D eigenvalue weighted by molar-refractivity contribution is 0.919. The molecule has 0 unspecified atom stereocenters. The Morgan fingerprint density at radius 3 is 2.20 bits per heavy atom. The van der Waals surface area contributed by atoms with Crippen LogP contribution in [0.3, 0.4) is 0 Å². The van der Waals surface area contributed by atoms with Gasteiger partial charge in [0.2, 0.25) is 0 Å². The fourth-order valence-electron chi connectivity index (χ4n) is 2.81. The summed E-state index contributed by atoms with van der Waals surface area (Å²) in [5, 5.41) is 9.37. The molecule has 5 aromatic rings. The van der Waals surface area contributed by atoms with Crippen LogP contribution in [0.25, 0.3) is 16.1 Å². The molecule has 0 aliphatic heterocycles. The smallest absolute Gasteiger partial charge is 0.187 e. The highest BCUT2D eigenvalue weighted by Gasteiger charge is 2.06. The van der Waals surface area contributed by atoms with E-state index >= 15 is 0 Å². The maximum atomic E-state index is 7.02. The summed E-state index contributed by atoms with van der Waals surface area (Å²) in [6, 6.07) is 14.4. The monoisotopic (exact) mass is 455 g/mol. The second-order valence-electron chi connectivity index (χ2n) is 6.13. The average molecular weight is 457 g/mol. The van der Waals surface area contributed by atoms with Crippen molar-refractivity contribution in [2.24, 2.45) is 0 Å². The molecule has 0 N–H and O–H groups in total. The maximum Gasteiger partial charge on any atom is 0.187 e. The van der Waals surface area contributed by atoms with Crippen LogP contribution in [-0.4, -0.2) is 29.2 Å². The van der Waals surface area contributed by atoms with Crippen LogP contribution in [0, 0.1) is 6.57 Å². The van der Waals surface area contributed by atoms with E-state index in [1.165, 1.54) is 4.52 Å². The topological polar surface area (TPSA) is 64.7 Å². The molecule has 1 aromatic carbocycles. The molecule has 0 amide bonds. The molecule has 5 rings (SSSR count). The predicted octanol–water partition coefficient (Wildman–Crippen LogP) is 5.56. The van der Waals surface area contributed by atoms with Gasteiger partial charge in [-0.3, -0.25) is 0 Å². The number of fused-ring (bicyclic) bond motifs is 2. The van der Waals surface area contributed by atoms with Crippen LogP contribution in [-0.2, 0) is 6.42 Å². The van der Waals surface area contributed by atoms with Gasteiger partial charge < -0.3 is 0 Å². The lowest BCUT2D eigenvalue weighted by Crippen LogP contribution is -1.98. The van der Waals surface area contributed by atoms with Gasteiger partial charge >= 0.3 is 0 Å². The predicted molar refractivity (Wildman–Crippen MR) is 117 cm³/mol. The van der Waals surface area contributed by atoms with Crippen LogP contribution in [0.2, 0.25) is 15.5 Å². The van der Waals surface area contributed by atoms with Crippen LogP contribution in [0.5, 0.6) is 0 Å². The Morgan fingerprint density at radius 2 is 1.50 bits per heavy atom. The minimum Gasteiger partial charge on any atom is -0.238 e. The summed E-state index contributed by atoms with van der Waals surface area (Å²) in [6.45, 7) is 7.02. The third-order valence-corrected chi connectivity index (χ3v) is 4.81. The summed E-state index contributed by atoms with van der Waals surface area (Å²) >= 11 is 17.6. The van der Waals surface area contributed by atoms with E-state index in [9.17, 15) is 0 Å². The first-order valence-corrected chi connectivity index (χ1v) is 9.78. The molecule has 0 fully saturated rings. The summed E-state index contributed by atoms with van der Waals surface area (Å²) in [6.07, 6.45) is 3.92. The second kappa shape index (κ2) is 8.67. The molecule has 148 valence electrons. The summed E-state index contributed by atoms with van der Waals surface area (Å²) in [5.41, 5.74) is 3.92. The van der Waals surface area contributed by atoms with Gasteiger partial charge in [-0.05, 0) is 6.07 Å². The van der Waals surface area contributed by atoms with E-state index < -0.39 is 0 Å². The molecule has 0 radical (unpaired) electrons. The van der Waals surface area contributed by atoms with E-state index in [1.54, 1.807) is 41.2 Å². The van der Waals surface area contributed by atoms with Gasteiger partial charge in [0.15, 0.2) is 17.0 Å². The third kappa shape index (κ3) is 4.36. The Kier molecular flexibility index (Phi) is 5.81. The zero-order chi connectivity index (χ0) is 21.1. The summed E-state index contributed by atoms with van der Waals surface area (Å²) in [4.78, 5) is 11.9. The Morgan fingerprint density at radius 1 is 0.833 bits per heavy atom. The number of aromatic nitrogens is 6. The highest BCUT2D eigenvalue weighted by molar-refractivity contribution is 6.33. The van der Waals surface area contributed by atoms with Crippen LogP contribution >= 0.6 is 34.8 Å². The zero-order valence-electron chi connectivity index (χ0n) is 15.2. The summed E-state index contributed by atoms with van der Waals surface area (Å²) in [5.74, 6) is 0. The van der Waals surface area contributed by atoms with Crippen molar-refractivity contribution in [3.63, 3.8) is 0 Å².